The van der Waals surface area contributed by atoms with Crippen LogP contribution in [0.5, 0.6) is 0 Å². The average molecular weight is 289 g/mol. The number of hydrogen-bond donors (Lipinski definition) is 2. The van der Waals surface area contributed by atoms with Gasteiger partial charge < -0.3 is 15.5 Å². The fourth-order valence-corrected chi connectivity index (χ4v) is 1.76. The first-order valence-corrected chi connectivity index (χ1v) is 6.91. The van der Waals surface area contributed by atoms with E-state index in [1.54, 1.807) is 0 Å². The lowest BCUT2D eigenvalue weighted by Gasteiger charge is -2.13. The molecule has 5 nitrogen and oxygen atoms in total. The molecule has 0 aliphatic rings. The van der Waals surface area contributed by atoms with E-state index in [2.05, 4.69) is 20.6 Å². The first-order chi connectivity index (χ1) is 10.1. The highest BCUT2D eigenvalue weighted by atomic mass is 19.1. The molecule has 0 fully saturated rings. The molecule has 0 spiro atoms. The van der Waals surface area contributed by atoms with Crippen molar-refractivity contribution >= 4 is 23.1 Å². The maximum Gasteiger partial charge on any atom is 0.224 e. The van der Waals surface area contributed by atoms with Crippen molar-refractivity contribution in [2.45, 2.75) is 13.3 Å². The van der Waals surface area contributed by atoms with Gasteiger partial charge in [-0.25, -0.2) is 9.37 Å². The van der Waals surface area contributed by atoms with Crippen LogP contribution in [0.15, 0.2) is 30.5 Å². The number of nitrogens with zero attached hydrogens (tertiary/aromatic N) is 3. The number of aromatic nitrogens is 2. The van der Waals surface area contributed by atoms with Gasteiger partial charge in [0, 0.05) is 32.0 Å². The number of halogens is 1. The molecule has 2 N–H and O–H groups in total. The molecule has 0 amide bonds. The summed E-state index contributed by atoms with van der Waals surface area (Å²) < 4.78 is 13.8. The van der Waals surface area contributed by atoms with Gasteiger partial charge in [0.25, 0.3) is 0 Å². The molecular formula is C15H20FN5. The molecule has 0 unspecified atom stereocenters. The van der Waals surface area contributed by atoms with E-state index in [4.69, 9.17) is 0 Å². The van der Waals surface area contributed by atoms with Gasteiger partial charge in [-0.1, -0.05) is 6.92 Å². The monoisotopic (exact) mass is 289 g/mol. The van der Waals surface area contributed by atoms with E-state index in [0.717, 1.165) is 24.3 Å². The van der Waals surface area contributed by atoms with Gasteiger partial charge in [0.15, 0.2) is 11.6 Å². The minimum atomic E-state index is -0.478. The van der Waals surface area contributed by atoms with Crippen LogP contribution in [-0.4, -0.2) is 30.6 Å². The van der Waals surface area contributed by atoms with Crippen molar-refractivity contribution in [2.75, 3.05) is 36.2 Å². The molecule has 0 atom stereocenters. The highest BCUT2D eigenvalue weighted by Gasteiger charge is 2.07. The Morgan fingerprint density at radius 2 is 1.90 bits per heavy atom. The van der Waals surface area contributed by atoms with Crippen LogP contribution in [0.25, 0.3) is 0 Å². The van der Waals surface area contributed by atoms with Crippen LogP contribution in [-0.2, 0) is 0 Å². The fourth-order valence-electron chi connectivity index (χ4n) is 1.76. The normalized spacial score (nSPS) is 10.3. The highest BCUT2D eigenvalue weighted by Crippen LogP contribution is 2.21. The second-order valence-electron chi connectivity index (χ2n) is 4.88. The lowest BCUT2D eigenvalue weighted by molar-refractivity contribution is 0.619. The molecule has 1 aromatic carbocycles. The number of benzene rings is 1. The van der Waals surface area contributed by atoms with Crippen LogP contribution in [0.1, 0.15) is 13.3 Å². The smallest absolute Gasteiger partial charge is 0.224 e. The first-order valence-electron chi connectivity index (χ1n) is 6.91. The third-order valence-electron chi connectivity index (χ3n) is 2.92. The summed E-state index contributed by atoms with van der Waals surface area (Å²) in [5.74, 6) is 0.112. The standard InChI is InChI=1S/C15H20FN5/c1-4-9-17-15-18-10-13(16)14(20-15)19-11-5-7-12(8-6-11)21(2)3/h5-8,10H,4,9H2,1-3H3,(H2,17,18,19,20). The van der Waals surface area contributed by atoms with Crippen LogP contribution in [0.2, 0.25) is 0 Å². The summed E-state index contributed by atoms with van der Waals surface area (Å²) in [7, 11) is 3.94. The van der Waals surface area contributed by atoms with E-state index in [-0.39, 0.29) is 5.82 Å². The molecule has 0 aliphatic carbocycles. The minimum Gasteiger partial charge on any atom is -0.378 e. The summed E-state index contributed by atoms with van der Waals surface area (Å²) in [6, 6.07) is 7.68. The van der Waals surface area contributed by atoms with E-state index in [1.807, 2.05) is 50.2 Å². The maximum absolute atomic E-state index is 13.8. The molecule has 0 saturated carbocycles. The predicted octanol–water partition coefficient (Wildman–Crippen LogP) is 3.25. The molecule has 2 aromatic rings. The lowest BCUT2D eigenvalue weighted by Crippen LogP contribution is -2.09. The summed E-state index contributed by atoms with van der Waals surface area (Å²) in [4.78, 5) is 10.1. The van der Waals surface area contributed by atoms with E-state index in [1.165, 1.54) is 6.20 Å². The second-order valence-corrected chi connectivity index (χ2v) is 4.88. The van der Waals surface area contributed by atoms with Crippen molar-refractivity contribution in [1.82, 2.24) is 9.97 Å². The van der Waals surface area contributed by atoms with Crippen molar-refractivity contribution in [3.8, 4) is 0 Å². The van der Waals surface area contributed by atoms with Crippen molar-refractivity contribution in [3.63, 3.8) is 0 Å². The van der Waals surface area contributed by atoms with E-state index in [9.17, 15) is 4.39 Å². The SMILES string of the molecule is CCCNc1ncc(F)c(Nc2ccc(N(C)C)cc2)n1. The van der Waals surface area contributed by atoms with Gasteiger partial charge >= 0.3 is 0 Å². The Morgan fingerprint density at radius 3 is 2.52 bits per heavy atom. The first kappa shape index (κ1) is 15.0. The van der Waals surface area contributed by atoms with E-state index in [0.29, 0.717) is 5.95 Å². The summed E-state index contributed by atoms with van der Waals surface area (Å²) in [6.07, 6.45) is 2.12. The van der Waals surface area contributed by atoms with E-state index >= 15 is 0 Å². The Labute approximate surface area is 124 Å². The molecule has 6 heteroatoms. The quantitative estimate of drug-likeness (QED) is 0.855. The number of hydrogen-bond acceptors (Lipinski definition) is 5. The third kappa shape index (κ3) is 4.05. The van der Waals surface area contributed by atoms with Gasteiger partial charge in [-0.05, 0) is 30.7 Å². The Morgan fingerprint density at radius 1 is 1.19 bits per heavy atom. The fraction of sp³-hybridized carbons (Fsp3) is 0.333. The van der Waals surface area contributed by atoms with Crippen LogP contribution >= 0.6 is 0 Å². The third-order valence-corrected chi connectivity index (χ3v) is 2.92. The van der Waals surface area contributed by atoms with Crippen molar-refractivity contribution in [3.05, 3.63) is 36.3 Å². The Kier molecular flexibility index (Phi) is 4.92. The molecular weight excluding hydrogens is 269 g/mol. The Bertz CT molecular complexity index is 583. The highest BCUT2D eigenvalue weighted by molar-refractivity contribution is 5.61. The molecule has 1 aromatic heterocycles. The molecule has 0 bridgehead atoms. The molecule has 0 aliphatic heterocycles. The zero-order chi connectivity index (χ0) is 15.2. The van der Waals surface area contributed by atoms with Crippen LogP contribution in [0, 0.1) is 5.82 Å². The average Bonchev–Trinajstić information content (AvgIpc) is 2.48. The summed E-state index contributed by atoms with van der Waals surface area (Å²) >= 11 is 0. The molecule has 0 radical (unpaired) electrons. The van der Waals surface area contributed by atoms with E-state index < -0.39 is 5.82 Å². The van der Waals surface area contributed by atoms with Gasteiger partial charge in [0.05, 0.1) is 6.20 Å². The zero-order valence-electron chi connectivity index (χ0n) is 12.5. The predicted molar refractivity (Wildman–Crippen MR) is 84.8 cm³/mol. The Hall–Kier alpha value is -2.37. The van der Waals surface area contributed by atoms with Crippen molar-refractivity contribution in [2.24, 2.45) is 0 Å². The second kappa shape index (κ2) is 6.88. The molecule has 112 valence electrons. The lowest BCUT2D eigenvalue weighted by atomic mass is 10.2. The van der Waals surface area contributed by atoms with Crippen LogP contribution in [0.3, 0.4) is 0 Å². The summed E-state index contributed by atoms with van der Waals surface area (Å²) in [6.45, 7) is 2.80. The Balaban J connectivity index is 2.14. The van der Waals surface area contributed by atoms with Gasteiger partial charge in [0.1, 0.15) is 0 Å². The minimum absolute atomic E-state index is 0.168. The number of nitrogens with one attached hydrogen (secondary N) is 2. The molecule has 2 rings (SSSR count). The van der Waals surface area contributed by atoms with Crippen LogP contribution < -0.4 is 15.5 Å². The zero-order valence-corrected chi connectivity index (χ0v) is 12.5. The van der Waals surface area contributed by atoms with Gasteiger partial charge in [0.2, 0.25) is 5.95 Å². The number of anilines is 4. The summed E-state index contributed by atoms with van der Waals surface area (Å²) in [5.41, 5.74) is 1.86. The molecule has 0 saturated heterocycles. The van der Waals surface area contributed by atoms with Crippen LogP contribution in [0.4, 0.5) is 27.5 Å². The molecule has 1 heterocycles. The maximum atomic E-state index is 13.8. The summed E-state index contributed by atoms with van der Waals surface area (Å²) in [5, 5.41) is 6.01. The van der Waals surface area contributed by atoms with Crippen molar-refractivity contribution in [1.29, 1.82) is 0 Å². The molecule has 21 heavy (non-hydrogen) atoms. The topological polar surface area (TPSA) is 53.1 Å². The van der Waals surface area contributed by atoms with Gasteiger partial charge in [-0.2, -0.15) is 4.98 Å². The van der Waals surface area contributed by atoms with Gasteiger partial charge in [-0.3, -0.25) is 0 Å². The number of rotatable bonds is 6. The van der Waals surface area contributed by atoms with Crippen molar-refractivity contribution < 1.29 is 4.39 Å². The largest absolute Gasteiger partial charge is 0.378 e. The van der Waals surface area contributed by atoms with Gasteiger partial charge in [-0.15, -0.1) is 0 Å².